The van der Waals surface area contributed by atoms with Crippen LogP contribution >= 0.6 is 0 Å². The van der Waals surface area contributed by atoms with Gasteiger partial charge in [0.2, 0.25) is 0 Å². The monoisotopic (exact) mass is 431 g/mol. The Balaban J connectivity index is 1.43. The van der Waals surface area contributed by atoms with Crippen LogP contribution in [0.25, 0.3) is 5.69 Å². The molecule has 0 bridgehead atoms. The number of benzene rings is 2. The molecule has 3 aromatic rings. The molecule has 0 spiro atoms. The van der Waals surface area contributed by atoms with Crippen LogP contribution < -0.4 is 10.1 Å². The van der Waals surface area contributed by atoms with E-state index >= 15 is 0 Å². The molecular formula is C22H20F3N3O3. The Morgan fingerprint density at radius 3 is 2.74 bits per heavy atom. The van der Waals surface area contributed by atoms with E-state index in [2.05, 4.69) is 15.2 Å². The number of ketones is 1. The topological polar surface area (TPSA) is 65.4 Å². The molecule has 0 radical (unpaired) electrons. The van der Waals surface area contributed by atoms with E-state index in [1.807, 2.05) is 0 Å². The van der Waals surface area contributed by atoms with Gasteiger partial charge in [0, 0.05) is 25.7 Å². The largest absolute Gasteiger partial charge is 0.435 e. The van der Waals surface area contributed by atoms with Crippen LogP contribution in [0.1, 0.15) is 27.6 Å². The number of nitrogens with one attached hydrogen (secondary N) is 1. The highest BCUT2D eigenvalue weighted by atomic mass is 19.3. The number of Topliss-reactive ketones (excluding diaryl/α,β-unsaturated/α-hetero) is 1. The third-order valence-corrected chi connectivity index (χ3v) is 4.96. The van der Waals surface area contributed by atoms with Crippen molar-refractivity contribution in [3.8, 4) is 11.4 Å². The summed E-state index contributed by atoms with van der Waals surface area (Å²) in [7, 11) is 0. The zero-order valence-electron chi connectivity index (χ0n) is 16.4. The van der Waals surface area contributed by atoms with E-state index in [-0.39, 0.29) is 24.1 Å². The lowest BCUT2D eigenvalue weighted by Gasteiger charge is -2.24. The van der Waals surface area contributed by atoms with Crippen molar-refractivity contribution < 1.29 is 27.4 Å². The molecule has 0 amide bonds. The third kappa shape index (κ3) is 5.12. The molecule has 0 aliphatic carbocycles. The zero-order valence-corrected chi connectivity index (χ0v) is 16.4. The first-order valence-corrected chi connectivity index (χ1v) is 9.73. The Hall–Kier alpha value is -3.17. The molecule has 0 unspecified atom stereocenters. The number of hydrogen-bond donors (Lipinski definition) is 1. The summed E-state index contributed by atoms with van der Waals surface area (Å²) in [4.78, 5) is 12.6. The van der Waals surface area contributed by atoms with Gasteiger partial charge in [0.1, 0.15) is 11.6 Å². The van der Waals surface area contributed by atoms with Crippen molar-refractivity contribution in [1.29, 1.82) is 0 Å². The van der Waals surface area contributed by atoms with Crippen molar-refractivity contribution in [2.45, 2.75) is 19.1 Å². The number of morpholine rings is 1. The molecule has 2 aromatic carbocycles. The van der Waals surface area contributed by atoms with E-state index in [9.17, 15) is 18.0 Å². The Morgan fingerprint density at radius 1 is 1.26 bits per heavy atom. The summed E-state index contributed by atoms with van der Waals surface area (Å²) < 4.78 is 50.4. The van der Waals surface area contributed by atoms with Crippen LogP contribution in [0.15, 0.2) is 54.9 Å². The molecule has 0 saturated carbocycles. The van der Waals surface area contributed by atoms with Crippen molar-refractivity contribution in [2.75, 3.05) is 19.7 Å². The van der Waals surface area contributed by atoms with Crippen LogP contribution in [-0.2, 0) is 11.2 Å². The predicted octanol–water partition coefficient (Wildman–Crippen LogP) is 3.70. The fourth-order valence-electron chi connectivity index (χ4n) is 3.35. The van der Waals surface area contributed by atoms with Crippen LogP contribution in [-0.4, -0.2) is 41.9 Å². The summed E-state index contributed by atoms with van der Waals surface area (Å²) in [6, 6.07) is 10.6. The molecule has 1 atom stereocenters. The maximum Gasteiger partial charge on any atom is 0.387 e. The van der Waals surface area contributed by atoms with Gasteiger partial charge in [-0.1, -0.05) is 12.1 Å². The lowest BCUT2D eigenvalue weighted by molar-refractivity contribution is -0.0498. The van der Waals surface area contributed by atoms with Crippen LogP contribution in [0.4, 0.5) is 13.2 Å². The van der Waals surface area contributed by atoms with Gasteiger partial charge in [-0.25, -0.2) is 9.07 Å². The minimum atomic E-state index is -2.90. The Labute approximate surface area is 176 Å². The number of ether oxygens (including phenoxy) is 2. The normalized spacial score (nSPS) is 16.5. The fourth-order valence-corrected chi connectivity index (χ4v) is 3.35. The number of carbonyl (C=O) groups excluding carboxylic acids is 1. The number of rotatable bonds is 7. The Morgan fingerprint density at radius 2 is 2.06 bits per heavy atom. The van der Waals surface area contributed by atoms with Gasteiger partial charge in [0.05, 0.1) is 30.2 Å². The molecule has 31 heavy (non-hydrogen) atoms. The van der Waals surface area contributed by atoms with Crippen molar-refractivity contribution >= 4 is 5.78 Å². The fraction of sp³-hybridized carbons (Fsp3) is 0.273. The molecule has 1 aliphatic rings. The standard InChI is InChI=1S/C22H20F3N3O3/c23-19-9-15(21-12-26-7-8-30-21)2-1-14(19)10-20(29)16-11-27-28(13-16)17-3-5-18(6-4-17)31-22(24)25/h1-6,9,11,13,21-22,26H,7-8,10,12H2/t21-/m1/s1. The van der Waals surface area contributed by atoms with E-state index in [0.717, 1.165) is 12.1 Å². The molecule has 9 heteroatoms. The first kappa shape index (κ1) is 21.1. The van der Waals surface area contributed by atoms with Crippen LogP contribution in [0.3, 0.4) is 0 Å². The van der Waals surface area contributed by atoms with Gasteiger partial charge in [0.15, 0.2) is 5.78 Å². The average molecular weight is 431 g/mol. The zero-order chi connectivity index (χ0) is 21.8. The molecule has 4 rings (SSSR count). The van der Waals surface area contributed by atoms with Crippen LogP contribution in [0.5, 0.6) is 5.75 Å². The highest BCUT2D eigenvalue weighted by molar-refractivity contribution is 5.97. The number of hydrogen-bond acceptors (Lipinski definition) is 5. The van der Waals surface area contributed by atoms with E-state index in [4.69, 9.17) is 4.74 Å². The minimum absolute atomic E-state index is 0.0236. The number of nitrogens with zero attached hydrogens (tertiary/aromatic N) is 2. The molecule has 1 N–H and O–H groups in total. The number of carbonyl (C=O) groups is 1. The van der Waals surface area contributed by atoms with Gasteiger partial charge >= 0.3 is 6.61 Å². The van der Waals surface area contributed by atoms with Crippen molar-refractivity contribution in [3.63, 3.8) is 0 Å². The maximum absolute atomic E-state index is 14.6. The first-order valence-electron chi connectivity index (χ1n) is 9.73. The van der Waals surface area contributed by atoms with Gasteiger partial charge in [0.25, 0.3) is 0 Å². The molecule has 6 nitrogen and oxygen atoms in total. The summed E-state index contributed by atoms with van der Waals surface area (Å²) in [6.07, 6.45) is 2.59. The molecule has 162 valence electrons. The molecule has 1 fully saturated rings. The maximum atomic E-state index is 14.6. The third-order valence-electron chi connectivity index (χ3n) is 4.96. The molecule has 1 saturated heterocycles. The second-order valence-corrected chi connectivity index (χ2v) is 7.06. The van der Waals surface area contributed by atoms with Crippen molar-refractivity contribution in [1.82, 2.24) is 15.1 Å². The van der Waals surface area contributed by atoms with Crippen molar-refractivity contribution in [3.05, 3.63) is 77.4 Å². The smallest absolute Gasteiger partial charge is 0.387 e. The Bertz CT molecular complexity index is 1050. The van der Waals surface area contributed by atoms with Gasteiger partial charge in [-0.2, -0.15) is 13.9 Å². The summed E-state index contributed by atoms with van der Waals surface area (Å²) in [5, 5.41) is 7.32. The second kappa shape index (κ2) is 9.32. The summed E-state index contributed by atoms with van der Waals surface area (Å²) in [5.41, 5.74) is 1.90. The van der Waals surface area contributed by atoms with Crippen LogP contribution in [0, 0.1) is 5.82 Å². The van der Waals surface area contributed by atoms with Gasteiger partial charge in [-0.05, 0) is 41.5 Å². The second-order valence-electron chi connectivity index (χ2n) is 7.06. The summed E-state index contributed by atoms with van der Waals surface area (Å²) in [6.45, 7) is -0.946. The Kier molecular flexibility index (Phi) is 6.34. The highest BCUT2D eigenvalue weighted by Gasteiger charge is 2.19. The lowest BCUT2D eigenvalue weighted by atomic mass is 10.0. The molecular weight excluding hydrogens is 411 g/mol. The number of aromatic nitrogens is 2. The average Bonchev–Trinajstić information content (AvgIpc) is 3.26. The minimum Gasteiger partial charge on any atom is -0.435 e. The predicted molar refractivity (Wildman–Crippen MR) is 106 cm³/mol. The summed E-state index contributed by atoms with van der Waals surface area (Å²) >= 11 is 0. The van der Waals surface area contributed by atoms with Crippen LogP contribution in [0.2, 0.25) is 0 Å². The summed E-state index contributed by atoms with van der Waals surface area (Å²) in [5.74, 6) is -0.719. The van der Waals surface area contributed by atoms with Gasteiger partial charge in [-0.15, -0.1) is 0 Å². The molecule has 1 aromatic heterocycles. The quantitative estimate of drug-likeness (QED) is 0.578. The van der Waals surface area contributed by atoms with E-state index in [1.165, 1.54) is 35.3 Å². The SMILES string of the molecule is O=C(Cc1ccc([C@H]2CNCCO2)cc1F)c1cnn(-c2ccc(OC(F)F)cc2)c1. The van der Waals surface area contributed by atoms with E-state index in [1.54, 1.807) is 24.3 Å². The first-order chi connectivity index (χ1) is 15.0. The van der Waals surface area contributed by atoms with Gasteiger partial charge < -0.3 is 14.8 Å². The molecule has 1 aliphatic heterocycles. The number of halogens is 3. The lowest BCUT2D eigenvalue weighted by Crippen LogP contribution is -2.33. The number of alkyl halides is 2. The van der Waals surface area contributed by atoms with Gasteiger partial charge in [-0.3, -0.25) is 4.79 Å². The highest BCUT2D eigenvalue weighted by Crippen LogP contribution is 2.22. The van der Waals surface area contributed by atoms with E-state index < -0.39 is 12.4 Å². The van der Waals surface area contributed by atoms with Crippen molar-refractivity contribution in [2.24, 2.45) is 0 Å². The van der Waals surface area contributed by atoms with E-state index in [0.29, 0.717) is 30.0 Å². The molecule has 2 heterocycles.